The number of hydrogen-bond acceptors (Lipinski definition) is 0. The lowest BCUT2D eigenvalue weighted by Gasteiger charge is -2.50. The van der Waals surface area contributed by atoms with Crippen LogP contribution in [0.25, 0.3) is 11.1 Å². The minimum Gasteiger partial charge on any atom is -0.0843 e. The Morgan fingerprint density at radius 3 is 1.28 bits per heavy atom. The fraction of sp³-hybridized carbons (Fsp3) is 0.0526. The lowest BCUT2D eigenvalue weighted by Crippen LogP contribution is -2.44. The maximum Gasteiger partial charge on any atom is 0.0720 e. The summed E-state index contributed by atoms with van der Waals surface area (Å²) in [5.74, 6) is 0. The molecule has 1 heteroatoms. The van der Waals surface area contributed by atoms with Gasteiger partial charge in [0.15, 0.2) is 0 Å². The van der Waals surface area contributed by atoms with E-state index in [1.54, 1.807) is 0 Å². The molecule has 0 fully saturated rings. The second kappa shape index (κ2) is 8.30. The van der Waals surface area contributed by atoms with E-state index >= 15 is 0 Å². The Balaban J connectivity index is 1.62. The molecule has 0 atom stereocenters. The van der Waals surface area contributed by atoms with E-state index in [-0.39, 0.29) is 0 Å². The summed E-state index contributed by atoms with van der Waals surface area (Å²) in [4.78, 5) is 0. The average Bonchev–Trinajstić information content (AvgIpc) is 3.29. The molecule has 2 aliphatic carbocycles. The number of benzene rings is 6. The Morgan fingerprint density at radius 1 is 0.333 bits per heavy atom. The highest BCUT2D eigenvalue weighted by Crippen LogP contribution is 2.64. The highest BCUT2D eigenvalue weighted by atomic mass is 35.5. The van der Waals surface area contributed by atoms with E-state index in [2.05, 4.69) is 152 Å². The number of rotatable bonds is 2. The van der Waals surface area contributed by atoms with Crippen molar-refractivity contribution in [1.29, 1.82) is 0 Å². The van der Waals surface area contributed by atoms with Crippen molar-refractivity contribution in [3.63, 3.8) is 0 Å². The van der Waals surface area contributed by atoms with Crippen molar-refractivity contribution in [1.82, 2.24) is 0 Å². The molecule has 0 amide bonds. The van der Waals surface area contributed by atoms with Gasteiger partial charge < -0.3 is 0 Å². The summed E-state index contributed by atoms with van der Waals surface area (Å²) in [7, 11) is 0. The molecule has 1 spiro atoms. The van der Waals surface area contributed by atoms with Crippen molar-refractivity contribution < 1.29 is 0 Å². The molecule has 0 heterocycles. The monoisotopic (exact) mass is 516 g/mol. The molecule has 0 aromatic heterocycles. The first kappa shape index (κ1) is 22.6. The highest BCUT2D eigenvalue weighted by molar-refractivity contribution is 6.31. The Kier molecular flexibility index (Phi) is 4.81. The molecule has 0 saturated heterocycles. The van der Waals surface area contributed by atoms with E-state index in [0.717, 1.165) is 5.02 Å². The normalized spacial score (nSPS) is 15.2. The molecule has 0 radical (unpaired) electrons. The van der Waals surface area contributed by atoms with E-state index in [9.17, 15) is 0 Å². The van der Waals surface area contributed by atoms with Gasteiger partial charge in [-0.05, 0) is 67.8 Å². The summed E-state index contributed by atoms with van der Waals surface area (Å²) in [6, 6.07) is 55.6. The van der Waals surface area contributed by atoms with Crippen molar-refractivity contribution in [3.05, 3.63) is 201 Å². The van der Waals surface area contributed by atoms with Crippen LogP contribution in [-0.4, -0.2) is 0 Å². The second-order valence-electron chi connectivity index (χ2n) is 10.6. The van der Waals surface area contributed by atoms with E-state index in [0.29, 0.717) is 0 Å². The van der Waals surface area contributed by atoms with Gasteiger partial charge in [0.1, 0.15) is 0 Å². The van der Waals surface area contributed by atoms with E-state index < -0.39 is 10.8 Å². The molecule has 0 N–H and O–H groups in total. The molecule has 0 unspecified atom stereocenters. The largest absolute Gasteiger partial charge is 0.0843 e. The molecular formula is C38H25Cl. The van der Waals surface area contributed by atoms with Crippen LogP contribution in [0.3, 0.4) is 0 Å². The fourth-order valence-corrected chi connectivity index (χ4v) is 7.74. The minimum absolute atomic E-state index is 0.448. The maximum atomic E-state index is 6.62. The average molecular weight is 517 g/mol. The molecule has 2 aliphatic rings. The fourth-order valence-electron chi connectivity index (χ4n) is 7.57. The van der Waals surface area contributed by atoms with Gasteiger partial charge in [-0.2, -0.15) is 0 Å². The highest BCUT2D eigenvalue weighted by Gasteiger charge is 2.56. The van der Waals surface area contributed by atoms with E-state index in [1.807, 2.05) is 0 Å². The van der Waals surface area contributed by atoms with Gasteiger partial charge >= 0.3 is 0 Å². The van der Waals surface area contributed by atoms with Gasteiger partial charge in [-0.1, -0.05) is 151 Å². The summed E-state index contributed by atoms with van der Waals surface area (Å²) in [6.07, 6.45) is 0. The molecule has 39 heavy (non-hydrogen) atoms. The molecule has 0 saturated carbocycles. The summed E-state index contributed by atoms with van der Waals surface area (Å²) in [6.45, 7) is 0. The summed E-state index contributed by atoms with van der Waals surface area (Å²) < 4.78 is 0. The first-order valence-electron chi connectivity index (χ1n) is 13.5. The van der Waals surface area contributed by atoms with Gasteiger partial charge in [0, 0.05) is 5.02 Å². The molecule has 6 aromatic rings. The van der Waals surface area contributed by atoms with Crippen LogP contribution in [0.2, 0.25) is 5.02 Å². The zero-order valence-corrected chi connectivity index (χ0v) is 22.1. The number of fused-ring (bicyclic) bond motifs is 9. The van der Waals surface area contributed by atoms with Crippen LogP contribution in [0.4, 0.5) is 0 Å². The van der Waals surface area contributed by atoms with Crippen LogP contribution >= 0.6 is 11.6 Å². The van der Waals surface area contributed by atoms with Crippen LogP contribution < -0.4 is 0 Å². The molecule has 8 rings (SSSR count). The zero-order valence-electron chi connectivity index (χ0n) is 21.3. The van der Waals surface area contributed by atoms with Crippen LogP contribution in [0.5, 0.6) is 0 Å². The predicted molar refractivity (Wildman–Crippen MR) is 161 cm³/mol. The van der Waals surface area contributed by atoms with Crippen LogP contribution in [-0.2, 0) is 10.8 Å². The van der Waals surface area contributed by atoms with E-state index in [1.165, 1.54) is 55.6 Å². The summed E-state index contributed by atoms with van der Waals surface area (Å²) in [5.41, 5.74) is 12.0. The Morgan fingerprint density at radius 2 is 0.744 bits per heavy atom. The molecule has 0 aliphatic heterocycles. The van der Waals surface area contributed by atoms with Crippen LogP contribution in [0.1, 0.15) is 44.5 Å². The molecule has 6 aromatic carbocycles. The quantitative estimate of drug-likeness (QED) is 0.214. The zero-order chi connectivity index (χ0) is 26.0. The van der Waals surface area contributed by atoms with Crippen LogP contribution in [0.15, 0.2) is 152 Å². The molecule has 0 bridgehead atoms. The SMILES string of the molecule is Clc1ccc2c(c1)-c1ccccc1C21c2ccccc2C(c2ccccc2)(c2ccccc2)c2ccccc21. The standard InChI is InChI=1S/C38H25Cl/c39-28-23-24-32-30(25-28)29-17-7-8-18-31(29)38(32)35-21-11-9-19-33(35)37(26-13-3-1-4-14-26,27-15-5-2-6-16-27)34-20-10-12-22-36(34)38/h1-25H. The van der Waals surface area contributed by atoms with Gasteiger partial charge in [0.25, 0.3) is 0 Å². The number of halogens is 1. The van der Waals surface area contributed by atoms with Gasteiger partial charge in [0.05, 0.1) is 10.8 Å². The third kappa shape index (κ3) is 2.80. The lowest BCUT2D eigenvalue weighted by molar-refractivity contribution is 0.623. The lowest BCUT2D eigenvalue weighted by atomic mass is 9.51. The Bertz CT molecular complexity index is 1780. The number of hydrogen-bond donors (Lipinski definition) is 0. The molecule has 0 nitrogen and oxygen atoms in total. The second-order valence-corrected chi connectivity index (χ2v) is 11.0. The molecular weight excluding hydrogens is 492 g/mol. The van der Waals surface area contributed by atoms with E-state index in [4.69, 9.17) is 11.6 Å². The van der Waals surface area contributed by atoms with Crippen molar-refractivity contribution >= 4 is 11.6 Å². The first-order valence-corrected chi connectivity index (χ1v) is 13.9. The summed E-state index contributed by atoms with van der Waals surface area (Å²) in [5, 5.41) is 0.765. The van der Waals surface area contributed by atoms with Crippen LogP contribution in [0, 0.1) is 0 Å². The third-order valence-corrected chi connectivity index (χ3v) is 9.13. The van der Waals surface area contributed by atoms with Crippen molar-refractivity contribution in [2.45, 2.75) is 10.8 Å². The Labute approximate surface area is 234 Å². The Hall–Kier alpha value is -4.39. The third-order valence-electron chi connectivity index (χ3n) is 8.89. The van der Waals surface area contributed by atoms with Crippen molar-refractivity contribution in [3.8, 4) is 11.1 Å². The van der Waals surface area contributed by atoms with Crippen molar-refractivity contribution in [2.24, 2.45) is 0 Å². The maximum absolute atomic E-state index is 6.62. The minimum atomic E-state index is -0.467. The smallest absolute Gasteiger partial charge is 0.0720 e. The molecule has 184 valence electrons. The summed E-state index contributed by atoms with van der Waals surface area (Å²) >= 11 is 6.62. The van der Waals surface area contributed by atoms with Gasteiger partial charge in [-0.3, -0.25) is 0 Å². The van der Waals surface area contributed by atoms with Gasteiger partial charge in [-0.15, -0.1) is 0 Å². The van der Waals surface area contributed by atoms with Gasteiger partial charge in [-0.25, -0.2) is 0 Å². The van der Waals surface area contributed by atoms with Gasteiger partial charge in [0.2, 0.25) is 0 Å². The topological polar surface area (TPSA) is 0 Å². The first-order chi connectivity index (χ1) is 19.3. The predicted octanol–water partition coefficient (Wildman–Crippen LogP) is 9.40. The van der Waals surface area contributed by atoms with Crippen molar-refractivity contribution in [2.75, 3.05) is 0 Å².